The van der Waals surface area contributed by atoms with Gasteiger partial charge in [0.25, 0.3) is 0 Å². The number of anilines is 4. The molecule has 0 saturated heterocycles. The van der Waals surface area contributed by atoms with Gasteiger partial charge in [0.2, 0.25) is 5.95 Å². The van der Waals surface area contributed by atoms with Gasteiger partial charge in [-0.3, -0.25) is 4.98 Å². The number of aryl methyl sites for hydroxylation is 1. The summed E-state index contributed by atoms with van der Waals surface area (Å²) in [5.41, 5.74) is 4.55. The Kier molecular flexibility index (Phi) is 6.20. The molecule has 140 valence electrons. The predicted molar refractivity (Wildman–Crippen MR) is 112 cm³/mol. The summed E-state index contributed by atoms with van der Waals surface area (Å²) < 4.78 is 0. The molecule has 0 radical (unpaired) electrons. The minimum Gasteiger partial charge on any atom is -0.372 e. The molecule has 0 aliphatic rings. The van der Waals surface area contributed by atoms with Gasteiger partial charge in [0.15, 0.2) is 0 Å². The molecule has 6 nitrogen and oxygen atoms in total. The number of hydrogen-bond donors (Lipinski definition) is 2. The highest BCUT2D eigenvalue weighted by Gasteiger charge is 2.06. The molecule has 3 aromatic rings. The van der Waals surface area contributed by atoms with Gasteiger partial charge in [-0.15, -0.1) is 0 Å². The largest absolute Gasteiger partial charge is 0.372 e. The lowest BCUT2D eigenvalue weighted by atomic mass is 10.1. The molecule has 27 heavy (non-hydrogen) atoms. The van der Waals surface area contributed by atoms with Crippen LogP contribution in [0.15, 0.2) is 55.0 Å². The fourth-order valence-electron chi connectivity index (χ4n) is 2.91. The lowest BCUT2D eigenvalue weighted by molar-refractivity contribution is 0.866. The number of benzene rings is 1. The Morgan fingerprint density at radius 2 is 1.89 bits per heavy atom. The van der Waals surface area contributed by atoms with Crippen molar-refractivity contribution in [3.8, 4) is 0 Å². The molecule has 0 unspecified atom stereocenters. The smallest absolute Gasteiger partial charge is 0.224 e. The average Bonchev–Trinajstić information content (AvgIpc) is 2.70. The highest BCUT2D eigenvalue weighted by molar-refractivity contribution is 5.65. The van der Waals surface area contributed by atoms with Crippen molar-refractivity contribution in [1.29, 1.82) is 0 Å². The normalized spacial score (nSPS) is 10.5. The summed E-state index contributed by atoms with van der Waals surface area (Å²) in [5.74, 6) is 1.35. The van der Waals surface area contributed by atoms with Gasteiger partial charge in [0, 0.05) is 49.6 Å². The van der Waals surface area contributed by atoms with Crippen LogP contribution < -0.4 is 15.5 Å². The Balaban J connectivity index is 1.69. The first-order valence-electron chi connectivity index (χ1n) is 9.28. The number of nitrogens with one attached hydrogen (secondary N) is 2. The lowest BCUT2D eigenvalue weighted by Gasteiger charge is -2.22. The molecule has 0 fully saturated rings. The first-order chi connectivity index (χ1) is 13.2. The summed E-state index contributed by atoms with van der Waals surface area (Å²) in [6.45, 7) is 9.09. The Labute approximate surface area is 160 Å². The second-order valence-electron chi connectivity index (χ2n) is 6.28. The summed E-state index contributed by atoms with van der Waals surface area (Å²) >= 11 is 0. The Hall–Kier alpha value is -3.15. The zero-order valence-corrected chi connectivity index (χ0v) is 16.1. The van der Waals surface area contributed by atoms with E-state index in [4.69, 9.17) is 0 Å². The number of pyridine rings is 1. The number of hydrogen-bond acceptors (Lipinski definition) is 6. The first kappa shape index (κ1) is 18.6. The molecule has 3 rings (SSSR count). The second-order valence-corrected chi connectivity index (χ2v) is 6.28. The summed E-state index contributed by atoms with van der Waals surface area (Å²) in [7, 11) is 0. The monoisotopic (exact) mass is 362 g/mol. The van der Waals surface area contributed by atoms with E-state index in [0.717, 1.165) is 30.2 Å². The molecule has 0 amide bonds. The molecular weight excluding hydrogens is 336 g/mol. The maximum absolute atomic E-state index is 4.55. The van der Waals surface area contributed by atoms with Crippen LogP contribution in [0.25, 0.3) is 0 Å². The van der Waals surface area contributed by atoms with E-state index in [2.05, 4.69) is 69.5 Å². The van der Waals surface area contributed by atoms with Gasteiger partial charge in [-0.05, 0) is 62.2 Å². The van der Waals surface area contributed by atoms with Crippen molar-refractivity contribution >= 4 is 23.1 Å². The van der Waals surface area contributed by atoms with Crippen LogP contribution in [0.3, 0.4) is 0 Å². The Bertz CT molecular complexity index is 862. The maximum Gasteiger partial charge on any atom is 0.224 e. The molecular formula is C21H26N6. The Morgan fingerprint density at radius 3 is 2.59 bits per heavy atom. The summed E-state index contributed by atoms with van der Waals surface area (Å²) in [6.07, 6.45) is 5.34. The molecule has 0 bridgehead atoms. The molecule has 0 saturated carbocycles. The third-order valence-corrected chi connectivity index (χ3v) is 4.43. The van der Waals surface area contributed by atoms with E-state index >= 15 is 0 Å². The number of nitrogens with zero attached hydrogens (tertiary/aromatic N) is 4. The molecule has 0 aliphatic heterocycles. The van der Waals surface area contributed by atoms with E-state index in [1.165, 1.54) is 11.3 Å². The average molecular weight is 362 g/mol. The molecule has 0 aliphatic carbocycles. The Morgan fingerprint density at radius 1 is 1.04 bits per heavy atom. The third kappa shape index (κ3) is 4.94. The van der Waals surface area contributed by atoms with Gasteiger partial charge < -0.3 is 15.5 Å². The molecule has 2 aromatic heterocycles. The fourth-order valence-corrected chi connectivity index (χ4v) is 2.91. The van der Waals surface area contributed by atoms with Gasteiger partial charge in [-0.25, -0.2) is 4.98 Å². The molecule has 6 heteroatoms. The molecule has 1 aromatic carbocycles. The van der Waals surface area contributed by atoms with Crippen molar-refractivity contribution < 1.29 is 0 Å². The maximum atomic E-state index is 4.55. The molecule has 0 atom stereocenters. The highest BCUT2D eigenvalue weighted by atomic mass is 15.1. The lowest BCUT2D eigenvalue weighted by Crippen LogP contribution is -2.21. The van der Waals surface area contributed by atoms with Crippen molar-refractivity contribution in [2.24, 2.45) is 0 Å². The van der Waals surface area contributed by atoms with Crippen LogP contribution in [0.2, 0.25) is 0 Å². The first-order valence-corrected chi connectivity index (χ1v) is 9.28. The zero-order chi connectivity index (χ0) is 19.1. The summed E-state index contributed by atoms with van der Waals surface area (Å²) in [4.78, 5) is 15.3. The standard InChI is InChI=1S/C21H26N6/c1-4-27(5-2)18-8-9-19(16(3)13-18)25-20-10-12-23-21(26-20)24-15-17-7-6-11-22-14-17/h6-14H,4-5,15H2,1-3H3,(H2,23,24,25,26). The summed E-state index contributed by atoms with van der Waals surface area (Å²) in [6, 6.07) is 12.3. The third-order valence-electron chi connectivity index (χ3n) is 4.43. The van der Waals surface area contributed by atoms with Gasteiger partial charge in [0.1, 0.15) is 5.82 Å². The van der Waals surface area contributed by atoms with Gasteiger partial charge in [-0.2, -0.15) is 4.98 Å². The van der Waals surface area contributed by atoms with Crippen molar-refractivity contribution in [3.63, 3.8) is 0 Å². The van der Waals surface area contributed by atoms with Gasteiger partial charge in [-0.1, -0.05) is 6.07 Å². The van der Waals surface area contributed by atoms with Gasteiger partial charge >= 0.3 is 0 Å². The minimum atomic E-state index is 0.585. The fraction of sp³-hybridized carbons (Fsp3) is 0.286. The molecule has 0 spiro atoms. The van der Waals surface area contributed by atoms with Crippen molar-refractivity contribution in [3.05, 3.63) is 66.1 Å². The van der Waals surface area contributed by atoms with E-state index in [-0.39, 0.29) is 0 Å². The molecule has 2 N–H and O–H groups in total. The van der Waals surface area contributed by atoms with Crippen LogP contribution in [0.5, 0.6) is 0 Å². The van der Waals surface area contributed by atoms with Crippen molar-refractivity contribution in [1.82, 2.24) is 15.0 Å². The van der Waals surface area contributed by atoms with Gasteiger partial charge in [0.05, 0.1) is 0 Å². The number of aromatic nitrogens is 3. The van der Waals surface area contributed by atoms with Crippen molar-refractivity contribution in [2.45, 2.75) is 27.3 Å². The van der Waals surface area contributed by atoms with E-state index in [1.54, 1.807) is 12.4 Å². The summed E-state index contributed by atoms with van der Waals surface area (Å²) in [5, 5.41) is 6.62. The topological polar surface area (TPSA) is 66.0 Å². The predicted octanol–water partition coefficient (Wildman–Crippen LogP) is 4.38. The zero-order valence-electron chi connectivity index (χ0n) is 16.1. The van der Waals surface area contributed by atoms with Crippen LogP contribution in [0, 0.1) is 6.92 Å². The SMILES string of the molecule is CCN(CC)c1ccc(Nc2ccnc(NCc3cccnc3)n2)c(C)c1. The van der Waals surface area contributed by atoms with E-state index in [0.29, 0.717) is 12.5 Å². The number of rotatable bonds is 8. The molecule has 2 heterocycles. The van der Waals surface area contributed by atoms with E-state index < -0.39 is 0 Å². The minimum absolute atomic E-state index is 0.585. The van der Waals surface area contributed by atoms with E-state index in [1.807, 2.05) is 24.4 Å². The van der Waals surface area contributed by atoms with Crippen LogP contribution in [0.4, 0.5) is 23.1 Å². The quantitative estimate of drug-likeness (QED) is 0.620. The van der Waals surface area contributed by atoms with Crippen LogP contribution in [0.1, 0.15) is 25.0 Å². The van der Waals surface area contributed by atoms with Crippen molar-refractivity contribution in [2.75, 3.05) is 28.6 Å². The van der Waals surface area contributed by atoms with E-state index in [9.17, 15) is 0 Å². The van der Waals surface area contributed by atoms with Crippen LogP contribution in [-0.4, -0.2) is 28.0 Å². The van der Waals surface area contributed by atoms with Crippen LogP contribution in [-0.2, 0) is 6.54 Å². The highest BCUT2D eigenvalue weighted by Crippen LogP contribution is 2.25. The van der Waals surface area contributed by atoms with Crippen LogP contribution >= 0.6 is 0 Å². The second kappa shape index (κ2) is 8.98.